The van der Waals surface area contributed by atoms with Crippen LogP contribution >= 0.6 is 0 Å². The summed E-state index contributed by atoms with van der Waals surface area (Å²) >= 11 is 0. The molecule has 2 aromatic rings. The third-order valence-electron chi connectivity index (χ3n) is 3.97. The average Bonchev–Trinajstić information content (AvgIpc) is 3.01. The number of halogens is 5. The predicted molar refractivity (Wildman–Crippen MR) is 92.7 cm³/mol. The van der Waals surface area contributed by atoms with Crippen LogP contribution in [0.15, 0.2) is 24.3 Å². The molecule has 1 unspecified atom stereocenters. The van der Waals surface area contributed by atoms with Gasteiger partial charge in [-0.05, 0) is 24.3 Å². The van der Waals surface area contributed by atoms with Gasteiger partial charge in [-0.15, -0.1) is 0 Å². The number of hydrogen-bond acceptors (Lipinski definition) is 4. The van der Waals surface area contributed by atoms with Crippen molar-refractivity contribution in [3.63, 3.8) is 0 Å². The number of amides is 2. The number of nitrogens with zero attached hydrogens (tertiary/aromatic N) is 2. The smallest absolute Gasteiger partial charge is 0.294 e. The van der Waals surface area contributed by atoms with Gasteiger partial charge in [0.05, 0.1) is 16.8 Å². The molecule has 30 heavy (non-hydrogen) atoms. The number of ketones is 1. The second kappa shape index (κ2) is 9.17. The Labute approximate surface area is 166 Å². The standard InChI is InChI=1S/C18H13F5N4O3/c1-27-13(14(28)18(30)26-12(6-19)15(21)22)5-10(16(27)23)17(29)25-9-2-3-11(20)8(4-9)7-24/h2-5,12,15H,6H2,1H3,(H,25,29)(H,26,30). The largest absolute Gasteiger partial charge is 0.338 e. The van der Waals surface area contributed by atoms with Gasteiger partial charge in [-0.3, -0.25) is 14.4 Å². The average molecular weight is 428 g/mol. The predicted octanol–water partition coefficient (Wildman–Crippen LogP) is 2.33. The second-order valence-electron chi connectivity index (χ2n) is 5.95. The number of nitrogens with one attached hydrogen (secondary N) is 2. The van der Waals surface area contributed by atoms with Crippen LogP contribution in [-0.4, -0.2) is 41.3 Å². The van der Waals surface area contributed by atoms with Crippen LogP contribution in [0.5, 0.6) is 0 Å². The lowest BCUT2D eigenvalue weighted by Gasteiger charge is -2.13. The van der Waals surface area contributed by atoms with Crippen molar-refractivity contribution in [3.8, 4) is 6.07 Å². The maximum Gasteiger partial charge on any atom is 0.294 e. The lowest BCUT2D eigenvalue weighted by Crippen LogP contribution is -2.45. The van der Waals surface area contributed by atoms with Gasteiger partial charge in [0, 0.05) is 12.7 Å². The van der Waals surface area contributed by atoms with Gasteiger partial charge in [0.2, 0.25) is 5.95 Å². The van der Waals surface area contributed by atoms with E-state index in [4.69, 9.17) is 5.26 Å². The van der Waals surface area contributed by atoms with Crippen molar-refractivity contribution < 1.29 is 36.3 Å². The summed E-state index contributed by atoms with van der Waals surface area (Å²) in [6.07, 6.45) is -3.27. The van der Waals surface area contributed by atoms with Crippen LogP contribution in [-0.2, 0) is 11.8 Å². The van der Waals surface area contributed by atoms with Crippen LogP contribution in [0.4, 0.5) is 27.6 Å². The van der Waals surface area contributed by atoms with Gasteiger partial charge >= 0.3 is 0 Å². The summed E-state index contributed by atoms with van der Waals surface area (Å²) < 4.78 is 65.8. The fourth-order valence-corrected chi connectivity index (χ4v) is 2.36. The highest BCUT2D eigenvalue weighted by molar-refractivity contribution is 6.42. The molecule has 0 spiro atoms. The van der Waals surface area contributed by atoms with E-state index in [0.717, 1.165) is 25.2 Å². The maximum atomic E-state index is 14.4. The monoisotopic (exact) mass is 428 g/mol. The van der Waals surface area contributed by atoms with Crippen molar-refractivity contribution in [2.45, 2.75) is 12.5 Å². The molecule has 1 aromatic heterocycles. The Balaban J connectivity index is 2.25. The van der Waals surface area contributed by atoms with Crippen LogP contribution in [0.2, 0.25) is 0 Å². The molecule has 158 valence electrons. The Hall–Kier alpha value is -3.75. The minimum Gasteiger partial charge on any atom is -0.338 e. The molecule has 7 nitrogen and oxygen atoms in total. The number of anilines is 1. The lowest BCUT2D eigenvalue weighted by molar-refractivity contribution is -0.119. The number of rotatable bonds is 7. The van der Waals surface area contributed by atoms with Gasteiger partial charge in [0.1, 0.15) is 24.6 Å². The van der Waals surface area contributed by atoms with Gasteiger partial charge in [-0.2, -0.15) is 9.65 Å². The number of nitriles is 1. The summed E-state index contributed by atoms with van der Waals surface area (Å²) in [4.78, 5) is 36.2. The molecule has 0 bridgehead atoms. The fourth-order valence-electron chi connectivity index (χ4n) is 2.36. The Morgan fingerprint density at radius 2 is 1.87 bits per heavy atom. The van der Waals surface area contributed by atoms with Crippen LogP contribution in [0, 0.1) is 23.1 Å². The molecular formula is C18H13F5N4O3. The first-order valence-corrected chi connectivity index (χ1v) is 8.16. The van der Waals surface area contributed by atoms with E-state index in [9.17, 15) is 36.3 Å². The van der Waals surface area contributed by atoms with Crippen LogP contribution < -0.4 is 10.6 Å². The van der Waals surface area contributed by atoms with Gasteiger partial charge < -0.3 is 15.2 Å². The van der Waals surface area contributed by atoms with E-state index < -0.39 is 59.8 Å². The molecule has 2 amide bonds. The molecule has 0 saturated carbocycles. The Bertz CT molecular complexity index is 1050. The molecule has 2 N–H and O–H groups in total. The summed E-state index contributed by atoms with van der Waals surface area (Å²) in [7, 11) is 0.998. The normalized spacial score (nSPS) is 11.7. The first kappa shape index (κ1) is 22.5. The number of Topliss-reactive ketones (excluding diaryl/α,β-unsaturated/α-hetero) is 1. The minimum absolute atomic E-state index is 0.0467. The molecule has 1 atom stereocenters. The van der Waals surface area contributed by atoms with Crippen molar-refractivity contribution in [1.29, 1.82) is 5.26 Å². The summed E-state index contributed by atoms with van der Waals surface area (Å²) in [6.45, 7) is -1.63. The fraction of sp³-hybridized carbons (Fsp3) is 0.222. The molecule has 1 aromatic carbocycles. The van der Waals surface area contributed by atoms with Crippen molar-refractivity contribution in [3.05, 3.63) is 52.9 Å². The number of benzene rings is 1. The highest BCUT2D eigenvalue weighted by Gasteiger charge is 2.30. The van der Waals surface area contributed by atoms with Crippen molar-refractivity contribution in [1.82, 2.24) is 9.88 Å². The zero-order valence-corrected chi connectivity index (χ0v) is 15.2. The van der Waals surface area contributed by atoms with E-state index in [1.807, 2.05) is 0 Å². The maximum absolute atomic E-state index is 14.4. The summed E-state index contributed by atoms with van der Waals surface area (Å²) in [6, 6.07) is 3.04. The molecule has 0 saturated heterocycles. The number of alkyl halides is 3. The molecule has 0 aliphatic heterocycles. The topological polar surface area (TPSA) is 104 Å². The van der Waals surface area contributed by atoms with E-state index in [1.54, 1.807) is 6.07 Å². The summed E-state index contributed by atoms with van der Waals surface area (Å²) in [5.41, 5.74) is -1.77. The SMILES string of the molecule is Cn1c(C(=O)C(=O)NC(CF)C(F)F)cc(C(=O)Nc2ccc(F)c(C#N)c2)c1F. The zero-order chi connectivity index (χ0) is 22.6. The van der Waals surface area contributed by atoms with Gasteiger partial charge in [0.25, 0.3) is 24.0 Å². The van der Waals surface area contributed by atoms with Crippen molar-refractivity contribution in [2.75, 3.05) is 12.0 Å². The van der Waals surface area contributed by atoms with E-state index >= 15 is 0 Å². The van der Waals surface area contributed by atoms with Gasteiger partial charge in [-0.1, -0.05) is 0 Å². The number of hydrogen-bond donors (Lipinski definition) is 2. The van der Waals surface area contributed by atoms with Gasteiger partial charge in [-0.25, -0.2) is 17.6 Å². The highest BCUT2D eigenvalue weighted by atomic mass is 19.3. The molecule has 1 heterocycles. The van der Waals surface area contributed by atoms with E-state index in [2.05, 4.69) is 5.32 Å². The van der Waals surface area contributed by atoms with E-state index in [-0.39, 0.29) is 11.3 Å². The molecule has 2 rings (SSSR count). The minimum atomic E-state index is -3.27. The third-order valence-corrected chi connectivity index (χ3v) is 3.97. The molecule has 12 heteroatoms. The summed E-state index contributed by atoms with van der Waals surface area (Å²) in [5.74, 6) is -6.24. The van der Waals surface area contributed by atoms with Crippen molar-refractivity contribution >= 4 is 23.3 Å². The van der Waals surface area contributed by atoms with E-state index in [0.29, 0.717) is 10.6 Å². The first-order chi connectivity index (χ1) is 14.1. The first-order valence-electron chi connectivity index (χ1n) is 8.16. The molecule has 0 fully saturated rings. The Morgan fingerprint density at radius 3 is 2.43 bits per heavy atom. The van der Waals surface area contributed by atoms with Crippen LogP contribution in [0.1, 0.15) is 26.4 Å². The zero-order valence-electron chi connectivity index (χ0n) is 15.2. The van der Waals surface area contributed by atoms with Crippen LogP contribution in [0.25, 0.3) is 0 Å². The molecular weight excluding hydrogens is 415 g/mol. The number of carbonyl (C=O) groups excluding carboxylic acids is 3. The molecule has 0 aliphatic carbocycles. The lowest BCUT2D eigenvalue weighted by atomic mass is 10.2. The molecule has 0 aliphatic rings. The Morgan fingerprint density at radius 1 is 1.20 bits per heavy atom. The van der Waals surface area contributed by atoms with Crippen molar-refractivity contribution in [2.24, 2.45) is 7.05 Å². The Kier molecular flexibility index (Phi) is 6.89. The third kappa shape index (κ3) is 4.62. The van der Waals surface area contributed by atoms with Crippen LogP contribution in [0.3, 0.4) is 0 Å². The highest BCUT2D eigenvalue weighted by Crippen LogP contribution is 2.19. The van der Waals surface area contributed by atoms with E-state index in [1.165, 1.54) is 5.32 Å². The summed E-state index contributed by atoms with van der Waals surface area (Å²) in [5, 5.41) is 12.5. The molecule has 0 radical (unpaired) electrons. The van der Waals surface area contributed by atoms with Gasteiger partial charge in [0.15, 0.2) is 0 Å². The second-order valence-corrected chi connectivity index (χ2v) is 5.95. The quantitative estimate of drug-likeness (QED) is 0.401. The number of aromatic nitrogens is 1. The number of carbonyl (C=O) groups is 3.